The molecule has 9 heteroatoms. The first-order valence-electron chi connectivity index (χ1n) is 9.36. The van der Waals surface area contributed by atoms with Gasteiger partial charge >= 0.3 is 0 Å². The van der Waals surface area contributed by atoms with Crippen LogP contribution in [0.15, 0.2) is 48.6 Å². The lowest BCUT2D eigenvalue weighted by Gasteiger charge is -2.13. The number of aromatic nitrogens is 2. The Morgan fingerprint density at radius 3 is 2.77 bits per heavy atom. The molecule has 162 valence electrons. The van der Waals surface area contributed by atoms with Crippen LogP contribution in [0.1, 0.15) is 5.56 Å². The minimum Gasteiger partial charge on any atom is -0.496 e. The van der Waals surface area contributed by atoms with Crippen LogP contribution in [0.5, 0.6) is 5.75 Å². The summed E-state index contributed by atoms with van der Waals surface area (Å²) in [5, 5.41) is 3.39. The number of likely N-dealkylation sites (N-methyl/N-ethyl adjacent to an activating group) is 1. The molecule has 0 saturated heterocycles. The highest BCUT2D eigenvalue weighted by Crippen LogP contribution is 2.32. The van der Waals surface area contributed by atoms with E-state index in [1.807, 2.05) is 0 Å². The molecule has 1 N–H and O–H groups in total. The third-order valence-electron chi connectivity index (χ3n) is 4.50. The van der Waals surface area contributed by atoms with Crippen LogP contribution in [0.3, 0.4) is 0 Å². The van der Waals surface area contributed by atoms with Crippen molar-refractivity contribution < 1.29 is 18.3 Å². The first-order chi connectivity index (χ1) is 14.8. The number of Topliss-reactive ketones (excluding diaryl/α,β-unsaturated/α-hetero) is 1. The molecule has 0 fully saturated rings. The van der Waals surface area contributed by atoms with E-state index in [4.69, 9.17) is 16.3 Å². The summed E-state index contributed by atoms with van der Waals surface area (Å²) < 4.78 is 33.9. The summed E-state index contributed by atoms with van der Waals surface area (Å²) in [5.74, 6) is -1.41. The van der Waals surface area contributed by atoms with Gasteiger partial charge in [0.05, 0.1) is 23.3 Å². The van der Waals surface area contributed by atoms with Crippen molar-refractivity contribution in [3.8, 4) is 5.75 Å². The molecular weight excluding hydrogens is 426 g/mol. The Labute approximate surface area is 183 Å². The number of rotatable bonds is 8. The van der Waals surface area contributed by atoms with E-state index in [1.54, 1.807) is 37.2 Å². The predicted octanol–water partition coefficient (Wildman–Crippen LogP) is 4.70. The van der Waals surface area contributed by atoms with E-state index in [-0.39, 0.29) is 17.1 Å². The Morgan fingerprint density at radius 2 is 2.06 bits per heavy atom. The maximum atomic E-state index is 14.3. The summed E-state index contributed by atoms with van der Waals surface area (Å²) >= 11 is 5.85. The quantitative estimate of drug-likeness (QED) is 0.506. The van der Waals surface area contributed by atoms with Gasteiger partial charge in [-0.05, 0) is 38.4 Å². The number of nitrogens with one attached hydrogen (secondary N) is 1. The van der Waals surface area contributed by atoms with Gasteiger partial charge < -0.3 is 15.0 Å². The van der Waals surface area contributed by atoms with Gasteiger partial charge in [-0.1, -0.05) is 17.7 Å². The minimum absolute atomic E-state index is 0.0312. The zero-order valence-corrected chi connectivity index (χ0v) is 18.0. The largest absolute Gasteiger partial charge is 0.496 e. The summed E-state index contributed by atoms with van der Waals surface area (Å²) in [4.78, 5) is 22.5. The highest BCUT2D eigenvalue weighted by Gasteiger charge is 2.17. The smallest absolute Gasteiger partial charge is 0.195 e. The molecule has 0 saturated carbocycles. The van der Waals surface area contributed by atoms with E-state index < -0.39 is 17.4 Å². The number of carbonyl (C=O) groups excluding carboxylic acids is 1. The van der Waals surface area contributed by atoms with Gasteiger partial charge in [0.1, 0.15) is 17.9 Å². The number of hydrogen-bond donors (Lipinski definition) is 1. The van der Waals surface area contributed by atoms with Gasteiger partial charge in [-0.15, -0.1) is 0 Å². The standard InChI is InChI=1S/C22H21ClF2N4O2/c1-29(2)8-7-16(24)19(30)10-13-9-14-18(11-20(13)31-3)26-12-27-22(14)28-17-6-4-5-15(23)21(17)25/h4-7,9,11-12H,8,10H2,1-3H3,(H,26,27,28). The van der Waals surface area contributed by atoms with Crippen molar-refractivity contribution in [2.45, 2.75) is 6.42 Å². The Bertz CT molecular complexity index is 1150. The Balaban J connectivity index is 1.99. The molecule has 0 atom stereocenters. The summed E-state index contributed by atoms with van der Waals surface area (Å²) in [6, 6.07) is 7.82. The lowest BCUT2D eigenvalue weighted by molar-refractivity contribution is -0.116. The third-order valence-corrected chi connectivity index (χ3v) is 4.79. The second-order valence-corrected chi connectivity index (χ2v) is 7.45. The van der Waals surface area contributed by atoms with Crippen molar-refractivity contribution >= 4 is 39.8 Å². The molecule has 2 aromatic carbocycles. The molecule has 0 aliphatic rings. The first kappa shape index (κ1) is 22.6. The number of ketones is 1. The van der Waals surface area contributed by atoms with Crippen molar-refractivity contribution in [1.29, 1.82) is 0 Å². The van der Waals surface area contributed by atoms with Crippen molar-refractivity contribution in [1.82, 2.24) is 14.9 Å². The molecule has 0 bridgehead atoms. The number of carbonyl (C=O) groups is 1. The fourth-order valence-electron chi connectivity index (χ4n) is 2.92. The SMILES string of the molecule is COc1cc2ncnc(Nc3cccc(Cl)c3F)c2cc1CC(=O)C(F)=CCN(C)C. The molecule has 0 aliphatic carbocycles. The molecule has 0 aliphatic heterocycles. The van der Waals surface area contributed by atoms with Gasteiger partial charge in [-0.3, -0.25) is 4.79 Å². The fraction of sp³-hybridized carbons (Fsp3) is 0.227. The zero-order chi connectivity index (χ0) is 22.5. The van der Waals surface area contributed by atoms with Gasteiger partial charge in [0.25, 0.3) is 0 Å². The highest BCUT2D eigenvalue weighted by atomic mass is 35.5. The van der Waals surface area contributed by atoms with Crippen molar-refractivity contribution in [3.05, 3.63) is 65.0 Å². The van der Waals surface area contributed by atoms with Gasteiger partial charge in [0.2, 0.25) is 0 Å². The van der Waals surface area contributed by atoms with E-state index in [0.29, 0.717) is 34.6 Å². The summed E-state index contributed by atoms with van der Waals surface area (Å²) in [5.41, 5.74) is 1.10. The average molecular weight is 447 g/mol. The molecule has 0 radical (unpaired) electrons. The lowest BCUT2D eigenvalue weighted by atomic mass is 10.0. The maximum Gasteiger partial charge on any atom is 0.195 e. The van der Waals surface area contributed by atoms with Crippen LogP contribution >= 0.6 is 11.6 Å². The van der Waals surface area contributed by atoms with E-state index in [2.05, 4.69) is 15.3 Å². The topological polar surface area (TPSA) is 67.4 Å². The number of nitrogens with zero attached hydrogens (tertiary/aromatic N) is 3. The Hall–Kier alpha value is -3.10. The van der Waals surface area contributed by atoms with E-state index in [0.717, 1.165) is 0 Å². The van der Waals surface area contributed by atoms with Gasteiger partial charge in [0, 0.05) is 30.0 Å². The Morgan fingerprint density at radius 1 is 1.29 bits per heavy atom. The molecule has 3 aromatic rings. The number of hydrogen-bond acceptors (Lipinski definition) is 6. The van der Waals surface area contributed by atoms with Gasteiger partial charge in [0.15, 0.2) is 17.4 Å². The van der Waals surface area contributed by atoms with Crippen LogP contribution in [0.4, 0.5) is 20.3 Å². The van der Waals surface area contributed by atoms with Crippen LogP contribution in [0.25, 0.3) is 10.9 Å². The number of ether oxygens (including phenoxy) is 1. The first-order valence-corrected chi connectivity index (χ1v) is 9.74. The molecule has 1 heterocycles. The number of fused-ring (bicyclic) bond motifs is 1. The molecule has 0 unspecified atom stereocenters. The molecule has 6 nitrogen and oxygen atoms in total. The molecular formula is C22H21ClF2N4O2. The number of benzene rings is 2. The molecule has 31 heavy (non-hydrogen) atoms. The number of halogens is 3. The molecule has 1 aromatic heterocycles. The number of methoxy groups -OCH3 is 1. The monoisotopic (exact) mass is 446 g/mol. The second-order valence-electron chi connectivity index (χ2n) is 7.04. The van der Waals surface area contributed by atoms with Crippen molar-refractivity contribution in [3.63, 3.8) is 0 Å². The van der Waals surface area contributed by atoms with Crippen LogP contribution in [0.2, 0.25) is 5.02 Å². The lowest BCUT2D eigenvalue weighted by Crippen LogP contribution is -2.13. The molecule has 0 amide bonds. The van der Waals surface area contributed by atoms with Gasteiger partial charge in [-0.25, -0.2) is 18.7 Å². The summed E-state index contributed by atoms with van der Waals surface area (Å²) in [6.45, 7) is 0.305. The predicted molar refractivity (Wildman–Crippen MR) is 117 cm³/mol. The third kappa shape index (κ3) is 5.34. The zero-order valence-electron chi connectivity index (χ0n) is 17.2. The van der Waals surface area contributed by atoms with Crippen LogP contribution < -0.4 is 10.1 Å². The second kappa shape index (κ2) is 9.80. The minimum atomic E-state index is -0.820. The number of allylic oxidation sites excluding steroid dienone is 1. The van der Waals surface area contributed by atoms with E-state index >= 15 is 0 Å². The molecule has 0 spiro atoms. The normalized spacial score (nSPS) is 11.8. The number of anilines is 2. The van der Waals surface area contributed by atoms with Crippen LogP contribution in [-0.2, 0) is 11.2 Å². The molecule has 3 rings (SSSR count). The Kier molecular flexibility index (Phi) is 7.14. The van der Waals surface area contributed by atoms with Crippen molar-refractivity contribution in [2.75, 3.05) is 33.1 Å². The van der Waals surface area contributed by atoms with Crippen LogP contribution in [0, 0.1) is 5.82 Å². The maximum absolute atomic E-state index is 14.3. The van der Waals surface area contributed by atoms with Crippen LogP contribution in [-0.4, -0.2) is 48.4 Å². The van der Waals surface area contributed by atoms with E-state index in [1.165, 1.54) is 31.6 Å². The highest BCUT2D eigenvalue weighted by molar-refractivity contribution is 6.31. The van der Waals surface area contributed by atoms with E-state index in [9.17, 15) is 13.6 Å². The average Bonchev–Trinajstić information content (AvgIpc) is 2.75. The van der Waals surface area contributed by atoms with Gasteiger partial charge in [-0.2, -0.15) is 0 Å². The summed E-state index contributed by atoms with van der Waals surface area (Å²) in [6.07, 6.45) is 2.34. The van der Waals surface area contributed by atoms with Crippen molar-refractivity contribution in [2.24, 2.45) is 0 Å². The fourth-order valence-corrected chi connectivity index (χ4v) is 3.09. The summed E-state index contributed by atoms with van der Waals surface area (Å²) in [7, 11) is 5.00.